The summed E-state index contributed by atoms with van der Waals surface area (Å²) < 4.78 is 15.0. The third kappa shape index (κ3) is 2.61. The number of halogens is 1. The SMILES string of the molecule is O=C(Cn1nc2n(c1=O)C(=O)N(c1ccc(F)cc1)C2)N1CCCC1. The van der Waals surface area contributed by atoms with E-state index in [0.717, 1.165) is 22.1 Å². The highest BCUT2D eigenvalue weighted by atomic mass is 19.1. The number of carbonyl (C=O) groups excluding carboxylic acids is 2. The maximum Gasteiger partial charge on any atom is 0.354 e. The fraction of sp³-hybridized carbons (Fsp3) is 0.375. The van der Waals surface area contributed by atoms with E-state index in [-0.39, 0.29) is 24.8 Å². The fourth-order valence-electron chi connectivity index (χ4n) is 3.20. The van der Waals surface area contributed by atoms with Gasteiger partial charge in [-0.3, -0.25) is 9.69 Å². The highest BCUT2D eigenvalue weighted by molar-refractivity contribution is 5.96. The van der Waals surface area contributed by atoms with Crippen LogP contribution in [0.4, 0.5) is 14.9 Å². The Bertz CT molecular complexity index is 895. The number of nitrogens with zero attached hydrogens (tertiary/aromatic N) is 5. The smallest absolute Gasteiger partial charge is 0.341 e. The third-order valence-electron chi connectivity index (χ3n) is 4.51. The lowest BCUT2D eigenvalue weighted by atomic mass is 10.3. The highest BCUT2D eigenvalue weighted by Gasteiger charge is 2.34. The van der Waals surface area contributed by atoms with Crippen LogP contribution >= 0.6 is 0 Å². The van der Waals surface area contributed by atoms with Gasteiger partial charge in [0.05, 0.1) is 6.54 Å². The van der Waals surface area contributed by atoms with Gasteiger partial charge < -0.3 is 4.90 Å². The molecule has 130 valence electrons. The lowest BCUT2D eigenvalue weighted by molar-refractivity contribution is -0.131. The molecule has 0 radical (unpaired) electrons. The van der Waals surface area contributed by atoms with Crippen molar-refractivity contribution in [2.24, 2.45) is 0 Å². The summed E-state index contributed by atoms with van der Waals surface area (Å²) in [6, 6.07) is 4.88. The van der Waals surface area contributed by atoms with Gasteiger partial charge in [0, 0.05) is 18.8 Å². The zero-order valence-corrected chi connectivity index (χ0v) is 13.4. The highest BCUT2D eigenvalue weighted by Crippen LogP contribution is 2.22. The molecule has 1 aromatic carbocycles. The lowest BCUT2D eigenvalue weighted by Gasteiger charge is -2.16. The van der Waals surface area contributed by atoms with E-state index in [1.807, 2.05) is 0 Å². The second-order valence-corrected chi connectivity index (χ2v) is 6.12. The maximum absolute atomic E-state index is 13.0. The van der Waals surface area contributed by atoms with Crippen LogP contribution in [-0.4, -0.2) is 44.3 Å². The first-order valence-electron chi connectivity index (χ1n) is 8.08. The quantitative estimate of drug-likeness (QED) is 0.824. The molecular formula is C16H16FN5O3. The van der Waals surface area contributed by atoms with E-state index in [9.17, 15) is 18.8 Å². The number of fused-ring (bicyclic) bond motifs is 1. The number of amides is 2. The fourth-order valence-corrected chi connectivity index (χ4v) is 3.20. The van der Waals surface area contributed by atoms with Gasteiger partial charge in [-0.05, 0) is 37.1 Å². The number of anilines is 1. The maximum atomic E-state index is 13.0. The Kier molecular flexibility index (Phi) is 3.63. The van der Waals surface area contributed by atoms with Gasteiger partial charge in [0.2, 0.25) is 5.91 Å². The Labute approximate surface area is 142 Å². The van der Waals surface area contributed by atoms with E-state index in [1.165, 1.54) is 29.2 Å². The van der Waals surface area contributed by atoms with Crippen molar-refractivity contribution in [3.8, 4) is 0 Å². The van der Waals surface area contributed by atoms with E-state index >= 15 is 0 Å². The molecule has 1 fully saturated rings. The molecule has 0 aliphatic carbocycles. The minimum absolute atomic E-state index is 0.102. The van der Waals surface area contributed by atoms with Gasteiger partial charge in [0.25, 0.3) is 0 Å². The molecule has 9 heteroatoms. The molecule has 2 aliphatic rings. The molecule has 25 heavy (non-hydrogen) atoms. The summed E-state index contributed by atoms with van der Waals surface area (Å²) in [6.07, 6.45) is 1.93. The molecule has 8 nitrogen and oxygen atoms in total. The molecule has 0 bridgehead atoms. The molecule has 2 aliphatic heterocycles. The van der Waals surface area contributed by atoms with Crippen molar-refractivity contribution < 1.29 is 14.0 Å². The van der Waals surface area contributed by atoms with Gasteiger partial charge in [-0.2, -0.15) is 9.67 Å². The van der Waals surface area contributed by atoms with Crippen LogP contribution in [0.5, 0.6) is 0 Å². The van der Waals surface area contributed by atoms with Crippen molar-refractivity contribution in [2.45, 2.75) is 25.9 Å². The standard InChI is InChI=1S/C16H16FN5O3/c17-11-3-5-12(6-4-11)20-9-13-18-21(16(25)22(13)15(20)24)10-14(23)19-7-1-2-8-19/h3-6H,1-2,7-10H2. The second kappa shape index (κ2) is 5.83. The molecule has 0 unspecified atom stereocenters. The number of aromatic nitrogens is 3. The largest absolute Gasteiger partial charge is 0.354 e. The average Bonchev–Trinajstić information content (AvgIpc) is 3.29. The Hall–Kier alpha value is -2.97. The summed E-state index contributed by atoms with van der Waals surface area (Å²) >= 11 is 0. The van der Waals surface area contributed by atoms with E-state index in [2.05, 4.69) is 5.10 Å². The number of hydrogen-bond acceptors (Lipinski definition) is 4. The van der Waals surface area contributed by atoms with Gasteiger partial charge in [-0.1, -0.05) is 0 Å². The molecule has 2 amide bonds. The number of hydrogen-bond donors (Lipinski definition) is 0. The first-order valence-corrected chi connectivity index (χ1v) is 8.08. The Balaban J connectivity index is 1.56. The van der Waals surface area contributed by atoms with Crippen LogP contribution in [-0.2, 0) is 17.9 Å². The summed E-state index contributed by atoms with van der Waals surface area (Å²) in [5.41, 5.74) is -0.145. The van der Waals surface area contributed by atoms with Crippen molar-refractivity contribution in [2.75, 3.05) is 18.0 Å². The second-order valence-electron chi connectivity index (χ2n) is 6.12. The predicted octanol–water partition coefficient (Wildman–Crippen LogP) is 0.795. The number of likely N-dealkylation sites (tertiary alicyclic amines) is 1. The van der Waals surface area contributed by atoms with Crippen LogP contribution in [0.25, 0.3) is 0 Å². The Morgan fingerprint density at radius 3 is 2.44 bits per heavy atom. The average molecular weight is 345 g/mol. The van der Waals surface area contributed by atoms with Crippen molar-refractivity contribution in [1.82, 2.24) is 19.2 Å². The van der Waals surface area contributed by atoms with Crippen molar-refractivity contribution in [3.05, 3.63) is 46.4 Å². The Morgan fingerprint density at radius 2 is 1.80 bits per heavy atom. The van der Waals surface area contributed by atoms with E-state index in [1.54, 1.807) is 4.90 Å². The molecule has 0 spiro atoms. The van der Waals surface area contributed by atoms with Gasteiger partial charge in [-0.15, -0.1) is 0 Å². The van der Waals surface area contributed by atoms with Crippen molar-refractivity contribution in [3.63, 3.8) is 0 Å². The molecule has 2 aromatic rings. The minimum Gasteiger partial charge on any atom is -0.341 e. The first-order chi connectivity index (χ1) is 12.0. The van der Waals surface area contributed by atoms with E-state index in [4.69, 9.17) is 0 Å². The van der Waals surface area contributed by atoms with Gasteiger partial charge in [-0.25, -0.2) is 18.7 Å². The van der Waals surface area contributed by atoms with Gasteiger partial charge in [0.15, 0.2) is 5.82 Å². The van der Waals surface area contributed by atoms with Gasteiger partial charge >= 0.3 is 11.7 Å². The molecule has 0 saturated carbocycles. The summed E-state index contributed by atoms with van der Waals surface area (Å²) in [6.45, 7) is 1.32. The van der Waals surface area contributed by atoms with Crippen LogP contribution in [0.3, 0.4) is 0 Å². The van der Waals surface area contributed by atoms with Crippen molar-refractivity contribution in [1.29, 1.82) is 0 Å². The third-order valence-corrected chi connectivity index (χ3v) is 4.51. The summed E-state index contributed by atoms with van der Waals surface area (Å²) in [4.78, 5) is 40.2. The van der Waals surface area contributed by atoms with E-state index < -0.39 is 17.5 Å². The lowest BCUT2D eigenvalue weighted by Crippen LogP contribution is -2.38. The zero-order valence-electron chi connectivity index (χ0n) is 13.4. The number of rotatable bonds is 3. The molecule has 3 heterocycles. The van der Waals surface area contributed by atoms with E-state index in [0.29, 0.717) is 18.8 Å². The first kappa shape index (κ1) is 15.6. The molecular weight excluding hydrogens is 329 g/mol. The van der Waals surface area contributed by atoms with Crippen LogP contribution in [0, 0.1) is 5.82 Å². The van der Waals surface area contributed by atoms with Crippen LogP contribution in [0.15, 0.2) is 29.1 Å². The summed E-state index contributed by atoms with van der Waals surface area (Å²) in [5.74, 6) is -0.302. The molecule has 0 atom stereocenters. The van der Waals surface area contributed by atoms with Crippen LogP contribution in [0.2, 0.25) is 0 Å². The van der Waals surface area contributed by atoms with Crippen molar-refractivity contribution >= 4 is 17.6 Å². The molecule has 1 aromatic heterocycles. The topological polar surface area (TPSA) is 80.4 Å². The van der Waals surface area contributed by atoms with Crippen LogP contribution < -0.4 is 10.6 Å². The molecule has 4 rings (SSSR count). The molecule has 0 N–H and O–H groups in total. The molecule has 1 saturated heterocycles. The number of carbonyl (C=O) groups is 2. The normalized spacial score (nSPS) is 16.6. The number of benzene rings is 1. The predicted molar refractivity (Wildman–Crippen MR) is 85.7 cm³/mol. The Morgan fingerprint density at radius 1 is 1.12 bits per heavy atom. The monoisotopic (exact) mass is 345 g/mol. The summed E-state index contributed by atoms with van der Waals surface area (Å²) in [5, 5.41) is 4.13. The van der Waals surface area contributed by atoms with Crippen LogP contribution in [0.1, 0.15) is 18.7 Å². The van der Waals surface area contributed by atoms with Gasteiger partial charge in [0.1, 0.15) is 12.4 Å². The zero-order chi connectivity index (χ0) is 17.6. The summed E-state index contributed by atoms with van der Waals surface area (Å²) in [7, 11) is 0. The minimum atomic E-state index is -0.628.